The van der Waals surface area contributed by atoms with Crippen LogP contribution in [0.3, 0.4) is 0 Å². The largest absolute Gasteiger partial charge is 0.374 e. The van der Waals surface area contributed by atoms with Gasteiger partial charge in [-0.05, 0) is 55.0 Å². The minimum Gasteiger partial charge on any atom is -0.374 e. The van der Waals surface area contributed by atoms with Gasteiger partial charge in [-0.25, -0.2) is 0 Å². The Hall–Kier alpha value is -2.86. The number of hydrogen-bond donors (Lipinski definition) is 0. The highest BCUT2D eigenvalue weighted by Gasteiger charge is 2.36. The van der Waals surface area contributed by atoms with E-state index in [1.54, 1.807) is 0 Å². The number of benzene rings is 2. The maximum Gasteiger partial charge on any atom is 0.253 e. The van der Waals surface area contributed by atoms with Crippen LogP contribution in [0.2, 0.25) is 0 Å². The third-order valence-electron chi connectivity index (χ3n) is 8.62. The van der Waals surface area contributed by atoms with Gasteiger partial charge in [0.25, 0.3) is 5.91 Å². The van der Waals surface area contributed by atoms with E-state index in [4.69, 9.17) is 0 Å². The Labute approximate surface area is 222 Å². The third-order valence-corrected chi connectivity index (χ3v) is 8.62. The highest BCUT2D eigenvalue weighted by molar-refractivity contribution is 5.94. The normalized spacial score (nSPS) is 19.5. The summed E-state index contributed by atoms with van der Waals surface area (Å²) in [5.41, 5.74) is 3.27. The van der Waals surface area contributed by atoms with Gasteiger partial charge in [0.2, 0.25) is 5.91 Å². The molecule has 2 aromatic rings. The fourth-order valence-corrected chi connectivity index (χ4v) is 6.13. The van der Waals surface area contributed by atoms with E-state index in [1.165, 1.54) is 43.4 Å². The van der Waals surface area contributed by atoms with E-state index in [2.05, 4.69) is 41.1 Å². The predicted molar refractivity (Wildman–Crippen MR) is 149 cm³/mol. The first-order chi connectivity index (χ1) is 18.1. The SMILES string of the molecule is CN(CC1CCCCC1)c1ccc(CCC(=O)N2CC(N3CCN(C(=O)c4ccccc4)CC3)C2)cc1. The fourth-order valence-electron chi connectivity index (χ4n) is 6.13. The van der Waals surface area contributed by atoms with Crippen molar-refractivity contribution in [3.05, 3.63) is 65.7 Å². The molecule has 6 heteroatoms. The molecule has 0 atom stereocenters. The van der Waals surface area contributed by atoms with Crippen LogP contribution >= 0.6 is 0 Å². The van der Waals surface area contributed by atoms with Crippen molar-refractivity contribution >= 4 is 17.5 Å². The van der Waals surface area contributed by atoms with Crippen LogP contribution < -0.4 is 4.90 Å². The maximum atomic E-state index is 12.8. The lowest BCUT2D eigenvalue weighted by Crippen LogP contribution is -2.64. The van der Waals surface area contributed by atoms with Crippen molar-refractivity contribution in [1.29, 1.82) is 0 Å². The zero-order valence-corrected chi connectivity index (χ0v) is 22.4. The zero-order chi connectivity index (χ0) is 25.6. The molecular formula is C31H42N4O2. The van der Waals surface area contributed by atoms with Gasteiger partial charge < -0.3 is 14.7 Å². The molecule has 5 rings (SSSR count). The van der Waals surface area contributed by atoms with Gasteiger partial charge in [-0.15, -0.1) is 0 Å². The number of piperazine rings is 1. The number of carbonyl (C=O) groups excluding carboxylic acids is 2. The summed E-state index contributed by atoms with van der Waals surface area (Å²) >= 11 is 0. The topological polar surface area (TPSA) is 47.1 Å². The second kappa shape index (κ2) is 12.1. The summed E-state index contributed by atoms with van der Waals surface area (Å²) in [6.45, 7) is 6.05. The average molecular weight is 503 g/mol. The standard InChI is InChI=1S/C31H42N4O2/c1-32(22-26-8-4-2-5-9-26)28-15-12-25(13-16-28)14-17-30(36)35-23-29(24-35)33-18-20-34(21-19-33)31(37)27-10-6-3-7-11-27/h3,6-7,10-13,15-16,26,29H,2,4-5,8-9,14,17-24H2,1H3. The van der Waals surface area contributed by atoms with E-state index in [9.17, 15) is 9.59 Å². The Balaban J connectivity index is 1.000. The highest BCUT2D eigenvalue weighted by Crippen LogP contribution is 2.26. The Bertz CT molecular complexity index is 1020. The van der Waals surface area contributed by atoms with Crippen LogP contribution in [0.15, 0.2) is 54.6 Å². The maximum absolute atomic E-state index is 12.8. The van der Waals surface area contributed by atoms with E-state index in [0.29, 0.717) is 12.5 Å². The van der Waals surface area contributed by atoms with Crippen molar-refractivity contribution < 1.29 is 9.59 Å². The smallest absolute Gasteiger partial charge is 0.253 e. The van der Waals surface area contributed by atoms with Gasteiger partial charge in [-0.3, -0.25) is 14.5 Å². The van der Waals surface area contributed by atoms with Crippen LogP contribution in [-0.4, -0.2) is 85.4 Å². The summed E-state index contributed by atoms with van der Waals surface area (Å²) in [7, 11) is 2.20. The van der Waals surface area contributed by atoms with Crippen molar-refractivity contribution in [3.8, 4) is 0 Å². The molecule has 6 nitrogen and oxygen atoms in total. The van der Waals surface area contributed by atoms with Gasteiger partial charge in [0.15, 0.2) is 0 Å². The van der Waals surface area contributed by atoms with Gasteiger partial charge in [0.05, 0.1) is 0 Å². The molecule has 2 heterocycles. The quantitative estimate of drug-likeness (QED) is 0.540. The van der Waals surface area contributed by atoms with Gasteiger partial charge in [-0.2, -0.15) is 0 Å². The summed E-state index contributed by atoms with van der Waals surface area (Å²) in [5.74, 6) is 1.21. The molecule has 2 amide bonds. The second-order valence-corrected chi connectivity index (χ2v) is 11.2. The minimum absolute atomic E-state index is 0.120. The number of rotatable bonds is 8. The fraction of sp³-hybridized carbons (Fsp3) is 0.548. The van der Waals surface area contributed by atoms with Crippen LogP contribution in [-0.2, 0) is 11.2 Å². The molecule has 3 fully saturated rings. The molecule has 0 radical (unpaired) electrons. The number of hydrogen-bond acceptors (Lipinski definition) is 4. The molecule has 3 aliphatic rings. The molecule has 1 aliphatic carbocycles. The monoisotopic (exact) mass is 502 g/mol. The van der Waals surface area contributed by atoms with Gasteiger partial charge in [0.1, 0.15) is 0 Å². The summed E-state index contributed by atoms with van der Waals surface area (Å²) in [5, 5.41) is 0. The van der Waals surface area contributed by atoms with Crippen molar-refractivity contribution in [3.63, 3.8) is 0 Å². The molecular weight excluding hydrogens is 460 g/mol. The zero-order valence-electron chi connectivity index (χ0n) is 22.4. The van der Waals surface area contributed by atoms with Crippen LogP contribution in [0.1, 0.15) is 54.4 Å². The minimum atomic E-state index is 0.120. The lowest BCUT2D eigenvalue weighted by Gasteiger charge is -2.48. The van der Waals surface area contributed by atoms with Crippen LogP contribution in [0.25, 0.3) is 0 Å². The van der Waals surface area contributed by atoms with E-state index < -0.39 is 0 Å². The number of aryl methyl sites for hydroxylation is 1. The lowest BCUT2D eigenvalue weighted by molar-refractivity contribution is -0.139. The average Bonchev–Trinajstić information content (AvgIpc) is 2.92. The number of anilines is 1. The van der Waals surface area contributed by atoms with E-state index >= 15 is 0 Å². The molecule has 2 aromatic carbocycles. The molecule has 0 bridgehead atoms. The number of amides is 2. The molecule has 0 unspecified atom stereocenters. The first-order valence-electron chi connectivity index (χ1n) is 14.2. The van der Waals surface area contributed by atoms with Crippen molar-refractivity contribution in [2.24, 2.45) is 5.92 Å². The van der Waals surface area contributed by atoms with Gasteiger partial charge in [0, 0.05) is 76.6 Å². The molecule has 1 saturated carbocycles. The van der Waals surface area contributed by atoms with Crippen molar-refractivity contribution in [2.75, 3.05) is 57.8 Å². The molecule has 37 heavy (non-hydrogen) atoms. The number of nitrogens with zero attached hydrogens (tertiary/aromatic N) is 4. The van der Waals surface area contributed by atoms with Crippen LogP contribution in [0.5, 0.6) is 0 Å². The van der Waals surface area contributed by atoms with E-state index in [0.717, 1.165) is 63.7 Å². The van der Waals surface area contributed by atoms with Gasteiger partial charge in [-0.1, -0.05) is 49.6 Å². The second-order valence-electron chi connectivity index (χ2n) is 11.2. The Morgan fingerprint density at radius 2 is 1.51 bits per heavy atom. The van der Waals surface area contributed by atoms with Crippen LogP contribution in [0, 0.1) is 5.92 Å². The summed E-state index contributed by atoms with van der Waals surface area (Å²) in [6.07, 6.45) is 8.28. The first-order valence-corrected chi connectivity index (χ1v) is 14.2. The first kappa shape index (κ1) is 25.8. The van der Waals surface area contributed by atoms with Crippen molar-refractivity contribution in [2.45, 2.75) is 51.0 Å². The Morgan fingerprint density at radius 1 is 0.838 bits per heavy atom. The Kier molecular flexibility index (Phi) is 8.45. The third kappa shape index (κ3) is 6.53. The molecule has 2 aliphatic heterocycles. The summed E-state index contributed by atoms with van der Waals surface area (Å²) in [4.78, 5) is 34.2. The predicted octanol–water partition coefficient (Wildman–Crippen LogP) is 4.30. The van der Waals surface area contributed by atoms with Gasteiger partial charge >= 0.3 is 0 Å². The number of likely N-dealkylation sites (tertiary alicyclic amines) is 1. The van der Waals surface area contributed by atoms with Crippen LogP contribution in [0.4, 0.5) is 5.69 Å². The van der Waals surface area contributed by atoms with E-state index in [-0.39, 0.29) is 11.8 Å². The highest BCUT2D eigenvalue weighted by atomic mass is 16.2. The summed E-state index contributed by atoms with van der Waals surface area (Å²) < 4.78 is 0. The summed E-state index contributed by atoms with van der Waals surface area (Å²) in [6, 6.07) is 18.8. The lowest BCUT2D eigenvalue weighted by atomic mass is 9.89. The molecule has 0 spiro atoms. The van der Waals surface area contributed by atoms with E-state index in [1.807, 2.05) is 40.1 Å². The van der Waals surface area contributed by atoms with Crippen molar-refractivity contribution in [1.82, 2.24) is 14.7 Å². The molecule has 198 valence electrons. The molecule has 0 aromatic heterocycles. The molecule has 2 saturated heterocycles. The molecule has 0 N–H and O–H groups in total. The Morgan fingerprint density at radius 3 is 2.19 bits per heavy atom. The number of carbonyl (C=O) groups is 2.